The van der Waals surface area contributed by atoms with Gasteiger partial charge in [0.25, 0.3) is 5.22 Å². The molecule has 16 heavy (non-hydrogen) atoms. The van der Waals surface area contributed by atoms with Crippen LogP contribution in [0.15, 0.2) is 40.0 Å². The molecule has 0 aliphatic rings. The van der Waals surface area contributed by atoms with Gasteiger partial charge in [0.15, 0.2) is 0 Å². The Morgan fingerprint density at radius 1 is 1.31 bits per heavy atom. The van der Waals surface area contributed by atoms with Gasteiger partial charge in [0.1, 0.15) is 0 Å². The largest absolute Gasteiger partial charge is 0.414 e. The third-order valence-electron chi connectivity index (χ3n) is 2.21. The molecule has 1 aromatic heterocycles. The van der Waals surface area contributed by atoms with Crippen LogP contribution in [-0.2, 0) is 6.42 Å². The zero-order valence-corrected chi connectivity index (χ0v) is 9.78. The van der Waals surface area contributed by atoms with E-state index in [4.69, 9.17) is 10.2 Å². The first-order valence-electron chi connectivity index (χ1n) is 4.96. The van der Waals surface area contributed by atoms with Crippen LogP contribution >= 0.6 is 11.8 Å². The molecule has 0 bridgehead atoms. The highest BCUT2D eigenvalue weighted by Gasteiger charge is 2.14. The summed E-state index contributed by atoms with van der Waals surface area (Å²) >= 11 is 1.42. The molecular weight excluding hydrogens is 222 g/mol. The summed E-state index contributed by atoms with van der Waals surface area (Å²) in [5, 5.41) is 8.34. The van der Waals surface area contributed by atoms with Crippen molar-refractivity contribution >= 4 is 11.8 Å². The first-order valence-corrected chi connectivity index (χ1v) is 6.19. The van der Waals surface area contributed by atoms with E-state index in [2.05, 4.69) is 10.2 Å². The number of rotatable bonds is 4. The molecule has 4 nitrogen and oxygen atoms in total. The fourth-order valence-corrected chi connectivity index (χ4v) is 1.70. The Balaban J connectivity index is 2.05. The highest BCUT2D eigenvalue weighted by atomic mass is 32.2. The number of benzene rings is 1. The van der Waals surface area contributed by atoms with Crippen LogP contribution in [0.3, 0.4) is 0 Å². The smallest absolute Gasteiger partial charge is 0.276 e. The summed E-state index contributed by atoms with van der Waals surface area (Å²) < 4.78 is 5.38. The molecule has 1 atom stereocenters. The van der Waals surface area contributed by atoms with E-state index in [0.717, 1.165) is 0 Å². The highest BCUT2D eigenvalue weighted by molar-refractivity contribution is 7.98. The van der Waals surface area contributed by atoms with E-state index in [9.17, 15) is 0 Å². The molecule has 0 unspecified atom stereocenters. The molecule has 2 N–H and O–H groups in total. The maximum atomic E-state index is 5.99. The molecule has 1 aromatic carbocycles. The first-order chi connectivity index (χ1) is 7.79. The van der Waals surface area contributed by atoms with Crippen LogP contribution in [0.5, 0.6) is 0 Å². The Kier molecular flexibility index (Phi) is 3.58. The van der Waals surface area contributed by atoms with Gasteiger partial charge in [-0.3, -0.25) is 0 Å². The summed E-state index contributed by atoms with van der Waals surface area (Å²) in [6.07, 6.45) is 2.59. The maximum absolute atomic E-state index is 5.99. The fourth-order valence-electron chi connectivity index (χ4n) is 1.41. The number of hydrogen-bond acceptors (Lipinski definition) is 5. The lowest BCUT2D eigenvalue weighted by molar-refractivity contribution is 0.385. The lowest BCUT2D eigenvalue weighted by Crippen LogP contribution is -2.13. The number of nitrogens with two attached hydrogens (primary N) is 1. The van der Waals surface area contributed by atoms with Gasteiger partial charge in [0.2, 0.25) is 5.89 Å². The van der Waals surface area contributed by atoms with Crippen LogP contribution in [0.2, 0.25) is 0 Å². The molecule has 0 spiro atoms. The minimum atomic E-state index is -0.240. The van der Waals surface area contributed by atoms with E-state index in [1.54, 1.807) is 0 Å². The second-order valence-electron chi connectivity index (χ2n) is 3.41. The summed E-state index contributed by atoms with van der Waals surface area (Å²) in [4.78, 5) is 0. The van der Waals surface area contributed by atoms with E-state index in [1.165, 1.54) is 17.3 Å². The summed E-state index contributed by atoms with van der Waals surface area (Å²) in [6.45, 7) is 0. The predicted octanol–water partition coefficient (Wildman–Crippen LogP) is 2.03. The van der Waals surface area contributed by atoms with Crippen LogP contribution in [0.25, 0.3) is 0 Å². The van der Waals surface area contributed by atoms with Gasteiger partial charge in [-0.2, -0.15) is 0 Å². The van der Waals surface area contributed by atoms with Gasteiger partial charge in [-0.1, -0.05) is 42.1 Å². The van der Waals surface area contributed by atoms with Crippen molar-refractivity contribution in [3.05, 3.63) is 41.8 Å². The Morgan fingerprint density at radius 3 is 2.69 bits per heavy atom. The number of aromatic nitrogens is 2. The summed E-state index contributed by atoms with van der Waals surface area (Å²) in [7, 11) is 0. The van der Waals surface area contributed by atoms with Crippen LogP contribution in [-0.4, -0.2) is 16.5 Å². The van der Waals surface area contributed by atoms with Crippen LogP contribution < -0.4 is 5.73 Å². The third kappa shape index (κ3) is 2.62. The van der Waals surface area contributed by atoms with Gasteiger partial charge in [-0.25, -0.2) is 0 Å². The average Bonchev–Trinajstić information content (AvgIpc) is 2.79. The summed E-state index contributed by atoms with van der Waals surface area (Å²) in [6, 6.07) is 9.79. The molecule has 2 rings (SSSR count). The Hall–Kier alpha value is -1.33. The molecule has 0 saturated heterocycles. The van der Waals surface area contributed by atoms with Crippen molar-refractivity contribution in [2.45, 2.75) is 17.7 Å². The van der Waals surface area contributed by atoms with Gasteiger partial charge in [-0.05, 0) is 18.2 Å². The molecule has 0 aliphatic carbocycles. The lowest BCUT2D eigenvalue weighted by atomic mass is 10.1. The minimum absolute atomic E-state index is 0.240. The molecule has 2 aromatic rings. The zero-order valence-electron chi connectivity index (χ0n) is 8.96. The lowest BCUT2D eigenvalue weighted by Gasteiger charge is -2.06. The van der Waals surface area contributed by atoms with Crippen molar-refractivity contribution in [3.63, 3.8) is 0 Å². The van der Waals surface area contributed by atoms with Crippen molar-refractivity contribution in [1.82, 2.24) is 10.2 Å². The zero-order chi connectivity index (χ0) is 11.4. The molecule has 84 valence electrons. The Bertz CT molecular complexity index is 444. The SMILES string of the molecule is CSc1nnc([C@@H](N)Cc2ccccc2)o1. The van der Waals surface area contributed by atoms with Crippen molar-refractivity contribution in [3.8, 4) is 0 Å². The highest BCUT2D eigenvalue weighted by Crippen LogP contribution is 2.18. The monoisotopic (exact) mass is 235 g/mol. The average molecular weight is 235 g/mol. The topological polar surface area (TPSA) is 64.9 Å². The Morgan fingerprint density at radius 2 is 2.06 bits per heavy atom. The van der Waals surface area contributed by atoms with Crippen molar-refractivity contribution in [2.75, 3.05) is 6.26 Å². The number of nitrogens with zero attached hydrogens (tertiary/aromatic N) is 2. The van der Waals surface area contributed by atoms with Crippen LogP contribution in [0.1, 0.15) is 17.5 Å². The first kappa shape index (κ1) is 11.2. The van der Waals surface area contributed by atoms with E-state index in [-0.39, 0.29) is 6.04 Å². The van der Waals surface area contributed by atoms with E-state index < -0.39 is 0 Å². The van der Waals surface area contributed by atoms with Gasteiger partial charge in [0, 0.05) is 0 Å². The molecule has 0 radical (unpaired) electrons. The second kappa shape index (κ2) is 5.14. The molecular formula is C11H13N3OS. The van der Waals surface area contributed by atoms with Gasteiger partial charge < -0.3 is 10.2 Å². The molecule has 0 fully saturated rings. The standard InChI is InChI=1S/C11H13N3OS/c1-16-11-14-13-10(15-11)9(12)7-8-5-3-2-4-6-8/h2-6,9H,7,12H2,1H3/t9-/m0/s1. The summed E-state index contributed by atoms with van der Waals surface area (Å²) in [5.74, 6) is 0.494. The summed E-state index contributed by atoms with van der Waals surface area (Å²) in [5.41, 5.74) is 7.16. The van der Waals surface area contributed by atoms with E-state index in [0.29, 0.717) is 17.5 Å². The van der Waals surface area contributed by atoms with Crippen molar-refractivity contribution in [1.29, 1.82) is 0 Å². The number of thioether (sulfide) groups is 1. The number of hydrogen-bond donors (Lipinski definition) is 1. The Labute approximate surface area is 98.2 Å². The predicted molar refractivity (Wildman–Crippen MR) is 63.2 cm³/mol. The third-order valence-corrected chi connectivity index (χ3v) is 2.73. The van der Waals surface area contributed by atoms with E-state index in [1.807, 2.05) is 36.6 Å². The maximum Gasteiger partial charge on any atom is 0.276 e. The minimum Gasteiger partial charge on any atom is -0.414 e. The molecule has 1 heterocycles. The normalized spacial score (nSPS) is 12.6. The van der Waals surface area contributed by atoms with Crippen LogP contribution in [0, 0.1) is 0 Å². The molecule has 0 aliphatic heterocycles. The van der Waals surface area contributed by atoms with Gasteiger partial charge in [0.05, 0.1) is 6.04 Å². The van der Waals surface area contributed by atoms with E-state index >= 15 is 0 Å². The van der Waals surface area contributed by atoms with Crippen LogP contribution in [0.4, 0.5) is 0 Å². The second-order valence-corrected chi connectivity index (χ2v) is 4.16. The molecule has 0 amide bonds. The van der Waals surface area contributed by atoms with Crippen molar-refractivity contribution in [2.24, 2.45) is 5.73 Å². The molecule has 5 heteroatoms. The van der Waals surface area contributed by atoms with Crippen molar-refractivity contribution < 1.29 is 4.42 Å². The quantitative estimate of drug-likeness (QED) is 0.821. The molecule has 0 saturated carbocycles. The van der Waals surface area contributed by atoms with Gasteiger partial charge in [-0.15, -0.1) is 10.2 Å². The van der Waals surface area contributed by atoms with Gasteiger partial charge >= 0.3 is 0 Å². The fraction of sp³-hybridized carbons (Fsp3) is 0.273.